The first kappa shape index (κ1) is 15.5. The number of halogens is 1. The Balaban J connectivity index is 2.34. The van der Waals surface area contributed by atoms with Crippen LogP contribution in [0, 0.1) is 17.3 Å². The summed E-state index contributed by atoms with van der Waals surface area (Å²) in [5.41, 5.74) is 0.433. The molecule has 2 aromatic heterocycles. The molecule has 1 unspecified atom stereocenters. The smallest absolute Gasteiger partial charge is 0.405 e. The monoisotopic (exact) mass is 323 g/mol. The highest BCUT2D eigenvalue weighted by atomic mass is 35.5. The van der Waals surface area contributed by atoms with Gasteiger partial charge in [-0.2, -0.15) is 0 Å². The SMILES string of the molecule is CC(C)(C)C(C#Cc1cc2ncnc(Cl)c2s1)NC(=O)O. The zero-order chi connectivity index (χ0) is 15.6. The van der Waals surface area contributed by atoms with Gasteiger partial charge in [0, 0.05) is 0 Å². The maximum absolute atomic E-state index is 10.8. The van der Waals surface area contributed by atoms with E-state index in [1.54, 1.807) is 0 Å². The van der Waals surface area contributed by atoms with Crippen LogP contribution in [-0.4, -0.2) is 27.2 Å². The number of carboxylic acid groups (broad SMARTS) is 1. The van der Waals surface area contributed by atoms with Crippen molar-refractivity contribution >= 4 is 39.2 Å². The number of aromatic nitrogens is 2. The van der Waals surface area contributed by atoms with Crippen LogP contribution in [0.25, 0.3) is 10.2 Å². The summed E-state index contributed by atoms with van der Waals surface area (Å²) in [5.74, 6) is 5.95. The summed E-state index contributed by atoms with van der Waals surface area (Å²) in [5, 5.41) is 11.7. The third-order valence-electron chi connectivity index (χ3n) is 2.74. The number of hydrogen-bond donors (Lipinski definition) is 2. The van der Waals surface area contributed by atoms with Gasteiger partial charge >= 0.3 is 6.09 Å². The minimum absolute atomic E-state index is 0.306. The highest BCUT2D eigenvalue weighted by molar-refractivity contribution is 7.20. The van der Waals surface area contributed by atoms with Gasteiger partial charge in [-0.05, 0) is 11.5 Å². The van der Waals surface area contributed by atoms with Gasteiger partial charge in [0.1, 0.15) is 11.5 Å². The maximum Gasteiger partial charge on any atom is 0.405 e. The summed E-state index contributed by atoms with van der Waals surface area (Å²) in [6.45, 7) is 5.78. The lowest BCUT2D eigenvalue weighted by atomic mass is 9.87. The fraction of sp³-hybridized carbons (Fsp3) is 0.357. The van der Waals surface area contributed by atoms with Gasteiger partial charge in [-0.3, -0.25) is 0 Å². The Hall–Kier alpha value is -1.84. The second-order valence-corrected chi connectivity index (χ2v) is 6.92. The Morgan fingerprint density at radius 1 is 1.48 bits per heavy atom. The van der Waals surface area contributed by atoms with Crippen LogP contribution in [0.2, 0.25) is 5.15 Å². The van der Waals surface area contributed by atoms with Crippen LogP contribution in [-0.2, 0) is 0 Å². The fourth-order valence-electron chi connectivity index (χ4n) is 1.62. The molecule has 0 bridgehead atoms. The number of nitrogens with zero attached hydrogens (tertiary/aromatic N) is 2. The van der Waals surface area contributed by atoms with Crippen molar-refractivity contribution in [3.05, 3.63) is 22.4 Å². The third-order valence-corrected chi connectivity index (χ3v) is 4.19. The first-order valence-electron chi connectivity index (χ1n) is 6.18. The molecule has 0 aromatic carbocycles. The first-order chi connectivity index (χ1) is 9.77. The number of nitrogens with one attached hydrogen (secondary N) is 1. The molecule has 0 saturated heterocycles. The Kier molecular flexibility index (Phi) is 4.35. The summed E-state index contributed by atoms with van der Waals surface area (Å²) in [6, 6.07) is 1.35. The molecular formula is C14H14ClN3O2S. The van der Waals surface area contributed by atoms with Gasteiger partial charge in [0.05, 0.1) is 21.1 Å². The molecule has 1 atom stereocenters. The van der Waals surface area contributed by atoms with E-state index in [0.29, 0.717) is 5.15 Å². The molecule has 0 fully saturated rings. The predicted octanol–water partition coefficient (Wildman–Crippen LogP) is 3.38. The van der Waals surface area contributed by atoms with Crippen molar-refractivity contribution in [2.75, 3.05) is 0 Å². The van der Waals surface area contributed by atoms with Crippen molar-refractivity contribution in [3.63, 3.8) is 0 Å². The van der Waals surface area contributed by atoms with Crippen molar-refractivity contribution in [1.82, 2.24) is 15.3 Å². The summed E-state index contributed by atoms with van der Waals surface area (Å²) in [6.07, 6.45) is 0.313. The lowest BCUT2D eigenvalue weighted by Gasteiger charge is -2.25. The summed E-state index contributed by atoms with van der Waals surface area (Å²) in [7, 11) is 0. The number of carbonyl (C=O) groups is 1. The van der Waals surface area contributed by atoms with E-state index in [1.165, 1.54) is 17.7 Å². The molecule has 0 radical (unpaired) electrons. The highest BCUT2D eigenvalue weighted by Gasteiger charge is 2.24. The van der Waals surface area contributed by atoms with E-state index in [0.717, 1.165) is 15.1 Å². The molecule has 0 aliphatic rings. The Bertz CT molecular complexity index is 740. The van der Waals surface area contributed by atoms with E-state index >= 15 is 0 Å². The van der Waals surface area contributed by atoms with Gasteiger partial charge in [-0.25, -0.2) is 14.8 Å². The lowest BCUT2D eigenvalue weighted by molar-refractivity contribution is 0.183. The molecule has 0 spiro atoms. The molecule has 2 N–H and O–H groups in total. The summed E-state index contributed by atoms with van der Waals surface area (Å²) < 4.78 is 0.780. The van der Waals surface area contributed by atoms with Crippen LogP contribution in [0.4, 0.5) is 4.79 Å². The molecule has 0 aliphatic carbocycles. The van der Waals surface area contributed by atoms with Crippen LogP contribution < -0.4 is 5.32 Å². The summed E-state index contributed by atoms with van der Waals surface area (Å²) in [4.78, 5) is 19.7. The largest absolute Gasteiger partial charge is 0.465 e. The summed E-state index contributed by atoms with van der Waals surface area (Å²) >= 11 is 7.39. The number of amides is 1. The molecule has 2 rings (SSSR count). The minimum atomic E-state index is -1.09. The third kappa shape index (κ3) is 3.84. The molecule has 1 amide bonds. The molecule has 0 saturated carbocycles. The average molecular weight is 324 g/mol. The number of fused-ring (bicyclic) bond motifs is 1. The minimum Gasteiger partial charge on any atom is -0.465 e. The van der Waals surface area contributed by atoms with Gasteiger partial charge < -0.3 is 10.4 Å². The van der Waals surface area contributed by atoms with Crippen LogP contribution in [0.3, 0.4) is 0 Å². The van der Waals surface area contributed by atoms with Crippen molar-refractivity contribution in [2.45, 2.75) is 26.8 Å². The molecule has 5 nitrogen and oxygen atoms in total. The van der Waals surface area contributed by atoms with E-state index in [1.807, 2.05) is 26.8 Å². The number of rotatable bonds is 1. The quantitative estimate of drug-likeness (QED) is 0.623. The Morgan fingerprint density at radius 3 is 2.76 bits per heavy atom. The molecule has 7 heteroatoms. The van der Waals surface area contributed by atoms with Gasteiger partial charge in [0.25, 0.3) is 0 Å². The molecule has 2 heterocycles. The van der Waals surface area contributed by atoms with Crippen LogP contribution in [0.5, 0.6) is 0 Å². The number of thiophene rings is 1. The molecule has 21 heavy (non-hydrogen) atoms. The van der Waals surface area contributed by atoms with Gasteiger partial charge in [0.2, 0.25) is 0 Å². The van der Waals surface area contributed by atoms with Crippen molar-refractivity contribution in [2.24, 2.45) is 5.41 Å². The average Bonchev–Trinajstić information content (AvgIpc) is 2.77. The second-order valence-electron chi connectivity index (χ2n) is 5.51. The second kappa shape index (κ2) is 5.88. The van der Waals surface area contributed by atoms with Crippen LogP contribution >= 0.6 is 22.9 Å². The van der Waals surface area contributed by atoms with E-state index in [2.05, 4.69) is 27.1 Å². The van der Waals surface area contributed by atoms with E-state index in [4.69, 9.17) is 16.7 Å². The molecular weight excluding hydrogens is 310 g/mol. The Labute approximate surface area is 131 Å². The molecule has 0 aliphatic heterocycles. The van der Waals surface area contributed by atoms with E-state index in [-0.39, 0.29) is 5.41 Å². The fourth-order valence-corrected chi connectivity index (χ4v) is 2.73. The normalized spacial score (nSPS) is 12.6. The zero-order valence-corrected chi connectivity index (χ0v) is 13.3. The maximum atomic E-state index is 10.8. The van der Waals surface area contributed by atoms with Crippen molar-refractivity contribution in [3.8, 4) is 11.8 Å². The topological polar surface area (TPSA) is 75.1 Å². The van der Waals surface area contributed by atoms with Crippen molar-refractivity contribution < 1.29 is 9.90 Å². The molecule has 110 valence electrons. The van der Waals surface area contributed by atoms with Gasteiger partial charge in [-0.1, -0.05) is 44.2 Å². The number of hydrogen-bond acceptors (Lipinski definition) is 4. The van der Waals surface area contributed by atoms with Gasteiger partial charge in [-0.15, -0.1) is 11.3 Å². The van der Waals surface area contributed by atoms with Crippen LogP contribution in [0.1, 0.15) is 25.6 Å². The Morgan fingerprint density at radius 2 is 2.19 bits per heavy atom. The van der Waals surface area contributed by atoms with E-state index < -0.39 is 12.1 Å². The standard InChI is InChI=1S/C14H14ClN3O2S/c1-14(2,3)10(18-13(19)20)5-4-8-6-9-11(21-8)12(15)17-7-16-9/h6-7,10,18H,1-3H3,(H,19,20). The predicted molar refractivity (Wildman–Crippen MR) is 83.7 cm³/mol. The van der Waals surface area contributed by atoms with Crippen LogP contribution in [0.15, 0.2) is 12.4 Å². The lowest BCUT2D eigenvalue weighted by Crippen LogP contribution is -2.42. The van der Waals surface area contributed by atoms with Crippen molar-refractivity contribution in [1.29, 1.82) is 0 Å². The van der Waals surface area contributed by atoms with Gasteiger partial charge in [0.15, 0.2) is 0 Å². The highest BCUT2D eigenvalue weighted by Crippen LogP contribution is 2.28. The zero-order valence-electron chi connectivity index (χ0n) is 11.8. The molecule has 2 aromatic rings. The first-order valence-corrected chi connectivity index (χ1v) is 7.38. The van der Waals surface area contributed by atoms with E-state index in [9.17, 15) is 4.79 Å².